The van der Waals surface area contributed by atoms with E-state index in [0.29, 0.717) is 5.56 Å². The summed E-state index contributed by atoms with van der Waals surface area (Å²) in [5.74, 6) is -0.666. The van der Waals surface area contributed by atoms with Crippen LogP contribution in [0.2, 0.25) is 0 Å². The van der Waals surface area contributed by atoms with Gasteiger partial charge in [-0.3, -0.25) is 9.78 Å². The molecule has 0 bridgehead atoms. The standard InChI is InChI=1S/C14H20FN3O/c1-8-4-5-9(2)18(8)14(19)11-6-12(15)13(10(3)16)17-7-11/h6-10H,4-5,16H2,1-3H3/t8-,9+,10-/m1/s1. The third kappa shape index (κ3) is 2.61. The third-order valence-electron chi connectivity index (χ3n) is 3.73. The first-order valence-electron chi connectivity index (χ1n) is 6.65. The van der Waals surface area contributed by atoms with E-state index in [1.807, 2.05) is 18.7 Å². The largest absolute Gasteiger partial charge is 0.333 e. The number of hydrogen-bond acceptors (Lipinski definition) is 3. The molecule has 5 heteroatoms. The number of carbonyl (C=O) groups excluding carboxylic acids is 1. The van der Waals surface area contributed by atoms with Crippen molar-refractivity contribution in [1.29, 1.82) is 0 Å². The summed E-state index contributed by atoms with van der Waals surface area (Å²) in [6.45, 7) is 5.69. The minimum absolute atomic E-state index is 0.153. The van der Waals surface area contributed by atoms with Gasteiger partial charge in [-0.1, -0.05) is 0 Å². The number of hydrogen-bond donors (Lipinski definition) is 1. The Bertz CT molecular complexity index is 480. The van der Waals surface area contributed by atoms with Crippen molar-refractivity contribution in [1.82, 2.24) is 9.88 Å². The molecule has 0 radical (unpaired) electrons. The van der Waals surface area contributed by atoms with Gasteiger partial charge in [0.25, 0.3) is 5.91 Å². The van der Waals surface area contributed by atoms with Gasteiger partial charge in [0.05, 0.1) is 11.3 Å². The Balaban J connectivity index is 2.27. The van der Waals surface area contributed by atoms with E-state index in [-0.39, 0.29) is 23.7 Å². The van der Waals surface area contributed by atoms with Gasteiger partial charge in [-0.2, -0.15) is 0 Å². The van der Waals surface area contributed by atoms with Gasteiger partial charge >= 0.3 is 0 Å². The second-order valence-electron chi connectivity index (χ2n) is 5.37. The van der Waals surface area contributed by atoms with Crippen LogP contribution in [-0.4, -0.2) is 27.9 Å². The van der Waals surface area contributed by atoms with Gasteiger partial charge in [-0.25, -0.2) is 4.39 Å². The van der Waals surface area contributed by atoms with E-state index in [2.05, 4.69) is 4.98 Å². The fourth-order valence-electron chi connectivity index (χ4n) is 2.64. The Hall–Kier alpha value is -1.49. The van der Waals surface area contributed by atoms with Crippen LogP contribution >= 0.6 is 0 Å². The Morgan fingerprint density at radius 3 is 2.53 bits per heavy atom. The number of aromatic nitrogens is 1. The molecule has 2 heterocycles. The summed E-state index contributed by atoms with van der Waals surface area (Å²) in [5, 5.41) is 0. The average molecular weight is 265 g/mol. The van der Waals surface area contributed by atoms with E-state index < -0.39 is 11.9 Å². The van der Waals surface area contributed by atoms with Crippen LogP contribution in [0.4, 0.5) is 4.39 Å². The van der Waals surface area contributed by atoms with Crippen LogP contribution in [0.25, 0.3) is 0 Å². The third-order valence-corrected chi connectivity index (χ3v) is 3.73. The molecule has 2 N–H and O–H groups in total. The fraction of sp³-hybridized carbons (Fsp3) is 0.571. The predicted octanol–water partition coefficient (Wildman–Crippen LogP) is 2.25. The lowest BCUT2D eigenvalue weighted by Gasteiger charge is -2.26. The number of likely N-dealkylation sites (tertiary alicyclic amines) is 1. The lowest BCUT2D eigenvalue weighted by molar-refractivity contribution is 0.0691. The highest BCUT2D eigenvalue weighted by molar-refractivity contribution is 5.94. The predicted molar refractivity (Wildman–Crippen MR) is 71.1 cm³/mol. The van der Waals surface area contributed by atoms with Crippen molar-refractivity contribution < 1.29 is 9.18 Å². The zero-order valence-corrected chi connectivity index (χ0v) is 11.6. The number of carbonyl (C=O) groups is 1. The number of nitrogens with two attached hydrogens (primary N) is 1. The van der Waals surface area contributed by atoms with Gasteiger partial charge in [0.15, 0.2) is 0 Å². The first-order chi connectivity index (χ1) is 8.91. The Labute approximate surface area is 112 Å². The quantitative estimate of drug-likeness (QED) is 0.892. The zero-order chi connectivity index (χ0) is 14.2. The van der Waals surface area contributed by atoms with Crippen LogP contribution in [0.5, 0.6) is 0 Å². The molecule has 1 aliphatic heterocycles. The topological polar surface area (TPSA) is 59.2 Å². The van der Waals surface area contributed by atoms with E-state index in [1.54, 1.807) is 6.92 Å². The van der Waals surface area contributed by atoms with Crippen molar-refractivity contribution in [2.45, 2.75) is 51.7 Å². The summed E-state index contributed by atoms with van der Waals surface area (Å²) >= 11 is 0. The normalized spacial score (nSPS) is 24.6. The molecular formula is C14H20FN3O. The summed E-state index contributed by atoms with van der Waals surface area (Å²) in [5.41, 5.74) is 6.10. The monoisotopic (exact) mass is 265 g/mol. The van der Waals surface area contributed by atoms with Crippen LogP contribution in [-0.2, 0) is 0 Å². The minimum atomic E-state index is -0.514. The number of pyridine rings is 1. The van der Waals surface area contributed by atoms with Gasteiger partial charge in [-0.05, 0) is 39.7 Å². The maximum absolute atomic E-state index is 13.8. The van der Waals surface area contributed by atoms with Crippen molar-refractivity contribution in [3.8, 4) is 0 Å². The van der Waals surface area contributed by atoms with E-state index in [9.17, 15) is 9.18 Å². The van der Waals surface area contributed by atoms with E-state index in [4.69, 9.17) is 5.73 Å². The number of nitrogens with zero attached hydrogens (tertiary/aromatic N) is 2. The summed E-state index contributed by atoms with van der Waals surface area (Å²) in [7, 11) is 0. The molecule has 1 aromatic heterocycles. The molecule has 0 aromatic carbocycles. The molecule has 0 aliphatic carbocycles. The van der Waals surface area contributed by atoms with E-state index in [0.717, 1.165) is 12.8 Å². The second-order valence-corrected chi connectivity index (χ2v) is 5.37. The summed E-state index contributed by atoms with van der Waals surface area (Å²) < 4.78 is 13.8. The molecule has 4 nitrogen and oxygen atoms in total. The molecule has 1 fully saturated rings. The summed E-state index contributed by atoms with van der Waals surface area (Å²) in [4.78, 5) is 18.2. The molecule has 0 saturated carbocycles. The SMILES string of the molecule is C[C@@H]1CC[C@H](C)N1C(=O)c1cnc([C@@H](C)N)c(F)c1. The van der Waals surface area contributed by atoms with Gasteiger partial charge in [0.2, 0.25) is 0 Å². The molecule has 2 rings (SSSR count). The Kier molecular flexibility index (Phi) is 3.85. The zero-order valence-electron chi connectivity index (χ0n) is 11.6. The number of rotatable bonds is 2. The van der Waals surface area contributed by atoms with Crippen molar-refractivity contribution in [2.75, 3.05) is 0 Å². The molecule has 0 spiro atoms. The highest BCUT2D eigenvalue weighted by atomic mass is 19.1. The molecule has 3 atom stereocenters. The molecule has 104 valence electrons. The smallest absolute Gasteiger partial charge is 0.256 e. The minimum Gasteiger partial charge on any atom is -0.333 e. The molecule has 1 saturated heterocycles. The maximum Gasteiger partial charge on any atom is 0.256 e. The number of amides is 1. The lowest BCUT2D eigenvalue weighted by atomic mass is 10.1. The van der Waals surface area contributed by atoms with E-state index in [1.165, 1.54) is 12.3 Å². The van der Waals surface area contributed by atoms with Crippen LogP contribution in [0.1, 0.15) is 55.7 Å². The number of halogens is 1. The lowest BCUT2D eigenvalue weighted by Crippen LogP contribution is -2.38. The van der Waals surface area contributed by atoms with Crippen molar-refractivity contribution in [3.63, 3.8) is 0 Å². The van der Waals surface area contributed by atoms with Gasteiger partial charge in [-0.15, -0.1) is 0 Å². The molecule has 19 heavy (non-hydrogen) atoms. The second kappa shape index (κ2) is 5.25. The highest BCUT2D eigenvalue weighted by Crippen LogP contribution is 2.26. The van der Waals surface area contributed by atoms with Crippen LogP contribution in [0.15, 0.2) is 12.3 Å². The summed E-state index contributed by atoms with van der Waals surface area (Å²) in [6.07, 6.45) is 3.39. The Morgan fingerprint density at radius 2 is 2.05 bits per heavy atom. The first kappa shape index (κ1) is 13.9. The van der Waals surface area contributed by atoms with E-state index >= 15 is 0 Å². The average Bonchev–Trinajstić information content (AvgIpc) is 2.67. The highest BCUT2D eigenvalue weighted by Gasteiger charge is 2.32. The van der Waals surface area contributed by atoms with Crippen molar-refractivity contribution in [2.24, 2.45) is 5.73 Å². The molecule has 1 aromatic rings. The van der Waals surface area contributed by atoms with Gasteiger partial charge in [0, 0.05) is 24.3 Å². The molecular weight excluding hydrogens is 245 g/mol. The fourth-order valence-corrected chi connectivity index (χ4v) is 2.64. The van der Waals surface area contributed by atoms with Crippen molar-refractivity contribution in [3.05, 3.63) is 29.3 Å². The molecule has 1 amide bonds. The maximum atomic E-state index is 13.8. The van der Waals surface area contributed by atoms with Crippen LogP contribution in [0.3, 0.4) is 0 Å². The van der Waals surface area contributed by atoms with Crippen LogP contribution in [0, 0.1) is 5.82 Å². The summed E-state index contributed by atoms with van der Waals surface area (Å²) in [6, 6.07) is 1.15. The molecule has 1 aliphatic rings. The van der Waals surface area contributed by atoms with Crippen LogP contribution < -0.4 is 5.73 Å². The van der Waals surface area contributed by atoms with Crippen molar-refractivity contribution >= 4 is 5.91 Å². The first-order valence-corrected chi connectivity index (χ1v) is 6.65. The molecule has 0 unspecified atom stereocenters. The Morgan fingerprint density at radius 1 is 1.47 bits per heavy atom. The van der Waals surface area contributed by atoms with Gasteiger partial charge < -0.3 is 10.6 Å². The van der Waals surface area contributed by atoms with Gasteiger partial charge in [0.1, 0.15) is 5.82 Å².